The van der Waals surface area contributed by atoms with Gasteiger partial charge in [-0.15, -0.1) is 0 Å². The van der Waals surface area contributed by atoms with Gasteiger partial charge in [0.25, 0.3) is 0 Å². The van der Waals surface area contributed by atoms with Crippen LogP contribution in [0.25, 0.3) is 0 Å². The molecule has 1 heterocycles. The summed E-state index contributed by atoms with van der Waals surface area (Å²) in [4.78, 5) is 0. The maximum Gasteiger partial charge on any atom is 0.0677 e. The molecule has 0 unspecified atom stereocenters. The minimum atomic E-state index is 0.524. The molecule has 0 aromatic rings. The second kappa shape index (κ2) is 3.77. The summed E-state index contributed by atoms with van der Waals surface area (Å²) in [5.41, 5.74) is 1.26. The van der Waals surface area contributed by atoms with Crippen LogP contribution in [0.2, 0.25) is 0 Å². The van der Waals surface area contributed by atoms with Crippen LogP contribution >= 0.6 is 0 Å². The molecule has 0 spiro atoms. The maximum atomic E-state index is 5.53. The van der Waals surface area contributed by atoms with Crippen LogP contribution in [0, 0.1) is 0 Å². The molecule has 0 saturated carbocycles. The van der Waals surface area contributed by atoms with Gasteiger partial charge in [0.1, 0.15) is 0 Å². The van der Waals surface area contributed by atoms with Gasteiger partial charge in [-0.05, 0) is 19.3 Å². The Bertz CT molecular complexity index is 108. The second-order valence-electron chi connectivity index (χ2n) is 3.01. The molecule has 10 heavy (non-hydrogen) atoms. The van der Waals surface area contributed by atoms with E-state index in [1.54, 1.807) is 0 Å². The van der Waals surface area contributed by atoms with Crippen molar-refractivity contribution >= 4 is 0 Å². The van der Waals surface area contributed by atoms with E-state index in [1.165, 1.54) is 31.3 Å². The van der Waals surface area contributed by atoms with E-state index in [1.807, 2.05) is 0 Å². The molecule has 1 fully saturated rings. The average molecular weight is 140 g/mol. The summed E-state index contributed by atoms with van der Waals surface area (Å²) < 4.78 is 5.53. The predicted octanol–water partition coefficient (Wildman–Crippen LogP) is 2.52. The Morgan fingerprint density at radius 3 is 3.00 bits per heavy atom. The zero-order chi connectivity index (χ0) is 7.40. The predicted molar refractivity (Wildman–Crippen MR) is 43.0 cm³/mol. The molecule has 1 heteroatoms. The van der Waals surface area contributed by atoms with Crippen LogP contribution < -0.4 is 0 Å². The van der Waals surface area contributed by atoms with Crippen LogP contribution in [0.15, 0.2) is 12.2 Å². The van der Waals surface area contributed by atoms with Crippen molar-refractivity contribution in [2.45, 2.75) is 38.7 Å². The van der Waals surface area contributed by atoms with Gasteiger partial charge < -0.3 is 4.74 Å². The van der Waals surface area contributed by atoms with Crippen molar-refractivity contribution in [3.05, 3.63) is 12.2 Å². The van der Waals surface area contributed by atoms with Crippen molar-refractivity contribution in [2.75, 3.05) is 6.61 Å². The summed E-state index contributed by atoms with van der Waals surface area (Å²) in [6.07, 6.45) is 5.33. The molecule has 0 aliphatic carbocycles. The van der Waals surface area contributed by atoms with Gasteiger partial charge in [0.2, 0.25) is 0 Å². The molecule has 0 bridgehead atoms. The van der Waals surface area contributed by atoms with Crippen LogP contribution in [0.1, 0.15) is 32.6 Å². The molecule has 1 aliphatic rings. The zero-order valence-corrected chi connectivity index (χ0v) is 6.73. The monoisotopic (exact) mass is 140 g/mol. The lowest BCUT2D eigenvalue weighted by Crippen LogP contribution is -2.19. The fraction of sp³-hybridized carbons (Fsp3) is 0.778. The molecule has 1 aliphatic heterocycles. The number of hydrogen-bond donors (Lipinski definition) is 0. The Morgan fingerprint density at radius 2 is 2.50 bits per heavy atom. The quantitative estimate of drug-likeness (QED) is 0.535. The molecule has 0 aromatic carbocycles. The highest BCUT2D eigenvalue weighted by Gasteiger charge is 2.13. The Balaban J connectivity index is 2.19. The Hall–Kier alpha value is -0.300. The Kier molecular flexibility index (Phi) is 2.94. The minimum Gasteiger partial charge on any atom is -0.374 e. The second-order valence-corrected chi connectivity index (χ2v) is 3.01. The fourth-order valence-corrected chi connectivity index (χ4v) is 1.31. The van der Waals surface area contributed by atoms with E-state index in [4.69, 9.17) is 4.74 Å². The van der Waals surface area contributed by atoms with E-state index < -0.39 is 0 Å². The SMILES string of the molecule is C=C1CC[C@H](CCC)OC1. The molecule has 1 rings (SSSR count). The molecule has 0 N–H and O–H groups in total. The van der Waals surface area contributed by atoms with E-state index in [0.29, 0.717) is 6.10 Å². The summed E-state index contributed by atoms with van der Waals surface area (Å²) in [5.74, 6) is 0. The molecule has 0 amide bonds. The normalized spacial score (nSPS) is 26.9. The van der Waals surface area contributed by atoms with Crippen molar-refractivity contribution < 1.29 is 4.74 Å². The number of ether oxygens (including phenoxy) is 1. The highest BCUT2D eigenvalue weighted by molar-refractivity contribution is 4.97. The van der Waals surface area contributed by atoms with Crippen LogP contribution in [0.3, 0.4) is 0 Å². The van der Waals surface area contributed by atoms with Gasteiger partial charge in [-0.1, -0.05) is 25.5 Å². The van der Waals surface area contributed by atoms with E-state index in [9.17, 15) is 0 Å². The van der Waals surface area contributed by atoms with E-state index in [-0.39, 0.29) is 0 Å². The first-order chi connectivity index (χ1) is 4.83. The standard InChI is InChI=1S/C9H16O/c1-3-4-9-6-5-8(2)7-10-9/h9H,2-7H2,1H3/t9-/m0/s1. The number of rotatable bonds is 2. The van der Waals surface area contributed by atoms with Crippen LogP contribution in [-0.4, -0.2) is 12.7 Å². The molecule has 58 valence electrons. The van der Waals surface area contributed by atoms with Crippen molar-refractivity contribution in [1.82, 2.24) is 0 Å². The Labute approximate surface area is 63.1 Å². The third kappa shape index (κ3) is 2.14. The lowest BCUT2D eigenvalue weighted by molar-refractivity contribution is 0.0367. The van der Waals surface area contributed by atoms with Gasteiger partial charge in [-0.2, -0.15) is 0 Å². The van der Waals surface area contributed by atoms with Crippen molar-refractivity contribution in [1.29, 1.82) is 0 Å². The molecule has 1 atom stereocenters. The van der Waals surface area contributed by atoms with Gasteiger partial charge >= 0.3 is 0 Å². The van der Waals surface area contributed by atoms with Crippen LogP contribution in [-0.2, 0) is 4.74 Å². The van der Waals surface area contributed by atoms with Gasteiger partial charge in [0.15, 0.2) is 0 Å². The van der Waals surface area contributed by atoms with Crippen molar-refractivity contribution in [2.24, 2.45) is 0 Å². The van der Waals surface area contributed by atoms with E-state index in [2.05, 4.69) is 13.5 Å². The summed E-state index contributed by atoms with van der Waals surface area (Å²) in [7, 11) is 0. The molecule has 0 radical (unpaired) electrons. The first kappa shape index (κ1) is 7.80. The fourth-order valence-electron chi connectivity index (χ4n) is 1.31. The van der Waals surface area contributed by atoms with Crippen LogP contribution in [0.4, 0.5) is 0 Å². The lowest BCUT2D eigenvalue weighted by Gasteiger charge is -2.23. The number of hydrogen-bond acceptors (Lipinski definition) is 1. The molecule has 0 aromatic heterocycles. The minimum absolute atomic E-state index is 0.524. The van der Waals surface area contributed by atoms with E-state index >= 15 is 0 Å². The molecular formula is C9H16O. The van der Waals surface area contributed by atoms with E-state index in [0.717, 1.165) is 6.61 Å². The summed E-state index contributed by atoms with van der Waals surface area (Å²) in [5, 5.41) is 0. The van der Waals surface area contributed by atoms with Gasteiger partial charge in [0.05, 0.1) is 12.7 Å². The van der Waals surface area contributed by atoms with Gasteiger partial charge in [-0.25, -0.2) is 0 Å². The zero-order valence-electron chi connectivity index (χ0n) is 6.73. The molecular weight excluding hydrogens is 124 g/mol. The Morgan fingerprint density at radius 1 is 1.70 bits per heavy atom. The smallest absolute Gasteiger partial charge is 0.0677 e. The largest absolute Gasteiger partial charge is 0.374 e. The van der Waals surface area contributed by atoms with Gasteiger partial charge in [0, 0.05) is 0 Å². The highest BCUT2D eigenvalue weighted by atomic mass is 16.5. The first-order valence-electron chi connectivity index (χ1n) is 4.11. The summed E-state index contributed by atoms with van der Waals surface area (Å²) >= 11 is 0. The summed E-state index contributed by atoms with van der Waals surface area (Å²) in [6.45, 7) is 6.88. The molecule has 1 saturated heterocycles. The van der Waals surface area contributed by atoms with Crippen molar-refractivity contribution in [3.63, 3.8) is 0 Å². The highest BCUT2D eigenvalue weighted by Crippen LogP contribution is 2.19. The average Bonchev–Trinajstić information content (AvgIpc) is 1.95. The third-order valence-electron chi connectivity index (χ3n) is 1.95. The first-order valence-corrected chi connectivity index (χ1v) is 4.11. The maximum absolute atomic E-state index is 5.53. The van der Waals surface area contributed by atoms with Crippen molar-refractivity contribution in [3.8, 4) is 0 Å². The third-order valence-corrected chi connectivity index (χ3v) is 1.95. The van der Waals surface area contributed by atoms with Gasteiger partial charge in [-0.3, -0.25) is 0 Å². The molecule has 1 nitrogen and oxygen atoms in total. The summed E-state index contributed by atoms with van der Waals surface area (Å²) in [6, 6.07) is 0. The topological polar surface area (TPSA) is 9.23 Å². The lowest BCUT2D eigenvalue weighted by atomic mass is 10.0. The van der Waals surface area contributed by atoms with Crippen LogP contribution in [0.5, 0.6) is 0 Å².